The fraction of sp³-hybridized carbons (Fsp3) is 0.588. The standard InChI is InChI=1S/C17H29N3O/c1-3-5-11-20(12-6-4-2)15-9-7-14(8-10-15)16(18)13-17(19)21/h7-10,16H,3-6,11-13,18H2,1-2H3,(H2,19,21). The molecular weight excluding hydrogens is 262 g/mol. The van der Waals surface area contributed by atoms with Gasteiger partial charge in [0.1, 0.15) is 0 Å². The lowest BCUT2D eigenvalue weighted by Gasteiger charge is -2.25. The van der Waals surface area contributed by atoms with Crippen LogP contribution in [0.3, 0.4) is 0 Å². The average molecular weight is 291 g/mol. The fourth-order valence-electron chi connectivity index (χ4n) is 2.33. The Hall–Kier alpha value is -1.55. The van der Waals surface area contributed by atoms with Crippen molar-refractivity contribution in [3.05, 3.63) is 29.8 Å². The molecule has 4 nitrogen and oxygen atoms in total. The van der Waals surface area contributed by atoms with Gasteiger partial charge in [0.2, 0.25) is 5.91 Å². The van der Waals surface area contributed by atoms with Gasteiger partial charge in [0, 0.05) is 31.2 Å². The maximum Gasteiger partial charge on any atom is 0.219 e. The van der Waals surface area contributed by atoms with Crippen molar-refractivity contribution in [3.8, 4) is 0 Å². The van der Waals surface area contributed by atoms with Crippen LogP contribution in [-0.4, -0.2) is 19.0 Å². The van der Waals surface area contributed by atoms with E-state index in [0.717, 1.165) is 18.7 Å². The topological polar surface area (TPSA) is 72.3 Å². The summed E-state index contributed by atoms with van der Waals surface area (Å²) >= 11 is 0. The van der Waals surface area contributed by atoms with Crippen molar-refractivity contribution in [1.29, 1.82) is 0 Å². The van der Waals surface area contributed by atoms with Crippen LogP contribution in [0.4, 0.5) is 5.69 Å². The van der Waals surface area contributed by atoms with Crippen LogP contribution >= 0.6 is 0 Å². The first-order chi connectivity index (χ1) is 10.1. The third kappa shape index (κ3) is 6.17. The highest BCUT2D eigenvalue weighted by Gasteiger charge is 2.10. The Bertz CT molecular complexity index is 409. The SMILES string of the molecule is CCCCN(CCCC)c1ccc(C(N)CC(N)=O)cc1. The summed E-state index contributed by atoms with van der Waals surface area (Å²) in [5.41, 5.74) is 13.3. The number of amides is 1. The molecule has 0 fully saturated rings. The van der Waals surface area contributed by atoms with Crippen LogP contribution in [-0.2, 0) is 4.79 Å². The molecule has 0 bridgehead atoms. The molecular formula is C17H29N3O. The second kappa shape index (κ2) is 9.40. The number of benzene rings is 1. The smallest absolute Gasteiger partial charge is 0.219 e. The Morgan fingerprint density at radius 1 is 1.10 bits per heavy atom. The third-order valence-electron chi connectivity index (χ3n) is 3.67. The lowest BCUT2D eigenvalue weighted by atomic mass is 10.0. The molecule has 0 saturated heterocycles. The molecule has 4 heteroatoms. The molecule has 0 heterocycles. The summed E-state index contributed by atoms with van der Waals surface area (Å²) in [5.74, 6) is -0.362. The van der Waals surface area contributed by atoms with Gasteiger partial charge in [-0.2, -0.15) is 0 Å². The number of hydrogen-bond acceptors (Lipinski definition) is 3. The van der Waals surface area contributed by atoms with Crippen molar-refractivity contribution < 1.29 is 4.79 Å². The van der Waals surface area contributed by atoms with Crippen LogP contribution in [0.1, 0.15) is 57.6 Å². The van der Waals surface area contributed by atoms with Crippen LogP contribution in [0.5, 0.6) is 0 Å². The van der Waals surface area contributed by atoms with E-state index < -0.39 is 0 Å². The fourth-order valence-corrected chi connectivity index (χ4v) is 2.33. The van der Waals surface area contributed by atoms with E-state index >= 15 is 0 Å². The maximum absolute atomic E-state index is 10.9. The lowest BCUT2D eigenvalue weighted by Crippen LogP contribution is -2.25. The number of carbonyl (C=O) groups excluding carboxylic acids is 1. The molecule has 0 aromatic heterocycles. The first kappa shape index (κ1) is 17.5. The van der Waals surface area contributed by atoms with Crippen molar-refractivity contribution in [1.82, 2.24) is 0 Å². The van der Waals surface area contributed by atoms with E-state index in [0.29, 0.717) is 0 Å². The Balaban J connectivity index is 2.73. The summed E-state index contributed by atoms with van der Waals surface area (Å²) < 4.78 is 0. The highest BCUT2D eigenvalue weighted by Crippen LogP contribution is 2.20. The molecule has 0 aliphatic rings. The van der Waals surface area contributed by atoms with Crippen LogP contribution in [0.15, 0.2) is 24.3 Å². The molecule has 1 unspecified atom stereocenters. The molecule has 1 aromatic carbocycles. The number of unbranched alkanes of at least 4 members (excludes halogenated alkanes) is 2. The van der Waals surface area contributed by atoms with Crippen molar-refractivity contribution in [3.63, 3.8) is 0 Å². The summed E-state index contributed by atoms with van der Waals surface area (Å²) in [6, 6.07) is 7.90. The molecule has 4 N–H and O–H groups in total. The minimum Gasteiger partial charge on any atom is -0.372 e. The first-order valence-electron chi connectivity index (χ1n) is 7.97. The average Bonchev–Trinajstić information content (AvgIpc) is 2.47. The molecule has 118 valence electrons. The number of nitrogens with zero attached hydrogens (tertiary/aromatic N) is 1. The van der Waals surface area contributed by atoms with Crippen LogP contribution < -0.4 is 16.4 Å². The van der Waals surface area contributed by atoms with Crippen LogP contribution in [0, 0.1) is 0 Å². The summed E-state index contributed by atoms with van der Waals surface area (Å²) in [7, 11) is 0. The van der Waals surface area contributed by atoms with Gasteiger partial charge in [-0.25, -0.2) is 0 Å². The van der Waals surface area contributed by atoms with Gasteiger partial charge in [0.05, 0.1) is 0 Å². The van der Waals surface area contributed by atoms with E-state index in [9.17, 15) is 4.79 Å². The zero-order chi connectivity index (χ0) is 15.7. The van der Waals surface area contributed by atoms with E-state index in [-0.39, 0.29) is 18.4 Å². The van der Waals surface area contributed by atoms with Gasteiger partial charge in [-0.3, -0.25) is 4.79 Å². The van der Waals surface area contributed by atoms with Gasteiger partial charge in [-0.15, -0.1) is 0 Å². The van der Waals surface area contributed by atoms with Crippen molar-refractivity contribution >= 4 is 11.6 Å². The van der Waals surface area contributed by atoms with Gasteiger partial charge in [0.25, 0.3) is 0 Å². The zero-order valence-electron chi connectivity index (χ0n) is 13.3. The van der Waals surface area contributed by atoms with Crippen molar-refractivity contribution in [2.45, 2.75) is 52.0 Å². The Kier molecular flexibility index (Phi) is 7.83. The molecule has 1 aromatic rings. The van der Waals surface area contributed by atoms with E-state index in [4.69, 9.17) is 11.5 Å². The Morgan fingerprint density at radius 3 is 2.05 bits per heavy atom. The number of nitrogens with two attached hydrogens (primary N) is 2. The van der Waals surface area contributed by atoms with Gasteiger partial charge >= 0.3 is 0 Å². The summed E-state index contributed by atoms with van der Waals surface area (Å²) in [6.07, 6.45) is 4.99. The molecule has 0 aliphatic heterocycles. The number of anilines is 1. The maximum atomic E-state index is 10.9. The number of primary amides is 1. The monoisotopic (exact) mass is 291 g/mol. The summed E-state index contributed by atoms with van der Waals surface area (Å²) in [5, 5.41) is 0. The summed E-state index contributed by atoms with van der Waals surface area (Å²) in [6.45, 7) is 6.60. The highest BCUT2D eigenvalue weighted by atomic mass is 16.1. The Labute approximate surface area is 128 Å². The largest absolute Gasteiger partial charge is 0.372 e. The van der Waals surface area contributed by atoms with E-state index in [1.807, 2.05) is 12.1 Å². The van der Waals surface area contributed by atoms with Gasteiger partial charge < -0.3 is 16.4 Å². The minimum atomic E-state index is -0.362. The van der Waals surface area contributed by atoms with E-state index in [1.165, 1.54) is 31.4 Å². The van der Waals surface area contributed by atoms with E-state index in [1.54, 1.807) is 0 Å². The van der Waals surface area contributed by atoms with Crippen LogP contribution in [0.25, 0.3) is 0 Å². The molecule has 1 rings (SSSR count). The third-order valence-corrected chi connectivity index (χ3v) is 3.67. The normalized spacial score (nSPS) is 12.1. The molecule has 21 heavy (non-hydrogen) atoms. The lowest BCUT2D eigenvalue weighted by molar-refractivity contribution is -0.118. The first-order valence-corrected chi connectivity index (χ1v) is 7.97. The molecule has 1 atom stereocenters. The van der Waals surface area contributed by atoms with Gasteiger partial charge in [0.15, 0.2) is 0 Å². The van der Waals surface area contributed by atoms with E-state index in [2.05, 4.69) is 30.9 Å². The predicted octanol–water partition coefficient (Wildman–Crippen LogP) is 2.97. The number of rotatable bonds is 10. The predicted molar refractivity (Wildman–Crippen MR) is 89.2 cm³/mol. The highest BCUT2D eigenvalue weighted by molar-refractivity contribution is 5.74. The minimum absolute atomic E-state index is 0.189. The molecule has 0 radical (unpaired) electrons. The van der Waals surface area contributed by atoms with Gasteiger partial charge in [-0.1, -0.05) is 38.8 Å². The van der Waals surface area contributed by atoms with Gasteiger partial charge in [-0.05, 0) is 30.5 Å². The molecule has 1 amide bonds. The molecule has 0 saturated carbocycles. The summed E-state index contributed by atoms with van der Waals surface area (Å²) in [4.78, 5) is 13.4. The zero-order valence-corrected chi connectivity index (χ0v) is 13.3. The van der Waals surface area contributed by atoms with Crippen molar-refractivity contribution in [2.75, 3.05) is 18.0 Å². The second-order valence-electron chi connectivity index (χ2n) is 5.56. The second-order valence-corrected chi connectivity index (χ2v) is 5.56. The van der Waals surface area contributed by atoms with Crippen LogP contribution in [0.2, 0.25) is 0 Å². The molecule has 0 spiro atoms. The number of carbonyl (C=O) groups is 1. The quantitative estimate of drug-likeness (QED) is 0.696. The number of hydrogen-bond donors (Lipinski definition) is 2. The van der Waals surface area contributed by atoms with Crippen molar-refractivity contribution in [2.24, 2.45) is 11.5 Å². The molecule has 0 aliphatic carbocycles. The Morgan fingerprint density at radius 2 is 1.62 bits per heavy atom.